The van der Waals surface area contributed by atoms with Crippen molar-refractivity contribution in [3.05, 3.63) is 90.9 Å². The van der Waals surface area contributed by atoms with Crippen molar-refractivity contribution in [3.8, 4) is 0 Å². The first kappa shape index (κ1) is 18.5. The van der Waals surface area contributed by atoms with Crippen molar-refractivity contribution in [2.24, 2.45) is 0 Å². The van der Waals surface area contributed by atoms with Crippen LogP contribution in [0, 0.1) is 0 Å². The molecular formula is C21H17N5O2S. The fourth-order valence-corrected chi connectivity index (χ4v) is 2.88. The topological polar surface area (TPSA) is 84.1 Å². The minimum absolute atomic E-state index is 0.117. The molecule has 4 aromatic rings. The quantitative estimate of drug-likeness (QED) is 0.425. The molecule has 0 unspecified atom stereocenters. The predicted octanol–water partition coefficient (Wildman–Crippen LogP) is 4.53. The molecule has 0 spiro atoms. The van der Waals surface area contributed by atoms with E-state index < -0.39 is 5.91 Å². The van der Waals surface area contributed by atoms with Crippen molar-refractivity contribution in [3.63, 3.8) is 0 Å². The highest BCUT2D eigenvalue weighted by molar-refractivity contribution is 7.80. The van der Waals surface area contributed by atoms with Crippen LogP contribution in [0.25, 0.3) is 0 Å². The van der Waals surface area contributed by atoms with Crippen LogP contribution in [0.15, 0.2) is 89.5 Å². The average molecular weight is 403 g/mol. The van der Waals surface area contributed by atoms with E-state index in [0.717, 1.165) is 11.4 Å². The summed E-state index contributed by atoms with van der Waals surface area (Å²) in [6.45, 7) is 0. The van der Waals surface area contributed by atoms with E-state index in [1.165, 1.54) is 10.9 Å². The smallest absolute Gasteiger partial charge is 0.293 e. The predicted molar refractivity (Wildman–Crippen MR) is 116 cm³/mol. The fraction of sp³-hybridized carbons (Fsp3) is 0. The number of nitrogens with zero attached hydrogens (tertiary/aromatic N) is 2. The molecule has 0 fully saturated rings. The summed E-state index contributed by atoms with van der Waals surface area (Å²) in [6, 6.07) is 24.3. The van der Waals surface area contributed by atoms with Gasteiger partial charge in [-0.3, -0.25) is 10.1 Å². The van der Waals surface area contributed by atoms with Crippen LogP contribution in [0.4, 0.5) is 23.0 Å². The van der Waals surface area contributed by atoms with Gasteiger partial charge in [0.25, 0.3) is 5.91 Å². The number of rotatable bonds is 5. The third kappa shape index (κ3) is 4.50. The van der Waals surface area contributed by atoms with Gasteiger partial charge >= 0.3 is 0 Å². The van der Waals surface area contributed by atoms with Gasteiger partial charge in [-0.1, -0.05) is 36.4 Å². The molecule has 2 aromatic heterocycles. The largest absolute Gasteiger partial charge is 0.459 e. The number of nitrogens with one attached hydrogen (secondary N) is 3. The van der Waals surface area contributed by atoms with E-state index >= 15 is 0 Å². The van der Waals surface area contributed by atoms with E-state index in [0.29, 0.717) is 11.6 Å². The number of carbonyl (C=O) groups is 1. The Labute approximate surface area is 172 Å². The zero-order valence-electron chi connectivity index (χ0n) is 15.2. The lowest BCUT2D eigenvalue weighted by Crippen LogP contribution is -2.34. The van der Waals surface area contributed by atoms with Crippen molar-refractivity contribution < 1.29 is 9.21 Å². The molecule has 0 aliphatic rings. The van der Waals surface area contributed by atoms with Crippen molar-refractivity contribution in [2.45, 2.75) is 0 Å². The highest BCUT2D eigenvalue weighted by atomic mass is 32.1. The molecule has 144 valence electrons. The molecule has 1 amide bonds. The van der Waals surface area contributed by atoms with Gasteiger partial charge in [-0.25, -0.2) is 0 Å². The van der Waals surface area contributed by atoms with Gasteiger partial charge in [0.1, 0.15) is 5.82 Å². The van der Waals surface area contributed by atoms with Gasteiger partial charge in [-0.05, 0) is 48.6 Å². The molecule has 2 heterocycles. The van der Waals surface area contributed by atoms with E-state index in [9.17, 15) is 4.79 Å². The van der Waals surface area contributed by atoms with Crippen molar-refractivity contribution in [1.29, 1.82) is 0 Å². The lowest BCUT2D eigenvalue weighted by atomic mass is 10.3. The van der Waals surface area contributed by atoms with Gasteiger partial charge in [-0.2, -0.15) is 4.68 Å². The second-order valence-electron chi connectivity index (χ2n) is 6.05. The minimum Gasteiger partial charge on any atom is -0.459 e. The standard InChI is InChI=1S/C21H17N5O2S/c27-20(17-12-7-13-28-17)24-21(29)26-19(23-16-10-5-2-6-11-16)14-18(25-26)22-15-8-3-1-4-9-15/h1-14,23H,(H,22,25)(H,24,27,29). The third-order valence-electron chi connectivity index (χ3n) is 3.96. The van der Waals surface area contributed by atoms with E-state index in [4.69, 9.17) is 16.6 Å². The molecule has 7 nitrogen and oxygen atoms in total. The first-order valence-corrected chi connectivity index (χ1v) is 9.23. The second kappa shape index (κ2) is 8.41. The Hall–Kier alpha value is -3.91. The molecule has 0 bridgehead atoms. The molecule has 2 aromatic carbocycles. The number of amides is 1. The third-order valence-corrected chi connectivity index (χ3v) is 4.23. The van der Waals surface area contributed by atoms with Gasteiger partial charge < -0.3 is 15.1 Å². The van der Waals surface area contributed by atoms with Crippen LogP contribution in [-0.4, -0.2) is 20.8 Å². The molecular weight excluding hydrogens is 386 g/mol. The van der Waals surface area contributed by atoms with Gasteiger partial charge in [0.2, 0.25) is 5.11 Å². The summed E-state index contributed by atoms with van der Waals surface area (Å²) in [5, 5.41) is 13.7. The number of para-hydroxylation sites is 2. The van der Waals surface area contributed by atoms with E-state index in [-0.39, 0.29) is 10.9 Å². The Morgan fingerprint density at radius 2 is 1.55 bits per heavy atom. The summed E-state index contributed by atoms with van der Waals surface area (Å²) < 4.78 is 6.57. The van der Waals surface area contributed by atoms with Gasteiger partial charge in [0.15, 0.2) is 11.6 Å². The zero-order chi connectivity index (χ0) is 20.1. The normalized spacial score (nSPS) is 10.3. The number of hydrogen-bond acceptors (Lipinski definition) is 6. The van der Waals surface area contributed by atoms with E-state index in [1.807, 2.05) is 66.7 Å². The SMILES string of the molecule is O=C(NC(=S)n1nc(Nc2ccccc2)cc1Nc1ccccc1)c1ccco1. The Balaban J connectivity index is 1.60. The number of anilines is 4. The molecule has 0 saturated carbocycles. The first-order chi connectivity index (χ1) is 14.2. The molecule has 0 radical (unpaired) electrons. The maximum absolute atomic E-state index is 12.3. The summed E-state index contributed by atoms with van der Waals surface area (Å²) in [5.74, 6) is 0.891. The number of furan rings is 1. The lowest BCUT2D eigenvalue weighted by molar-refractivity contribution is 0.0949. The van der Waals surface area contributed by atoms with Crippen LogP contribution in [0.1, 0.15) is 10.6 Å². The lowest BCUT2D eigenvalue weighted by Gasteiger charge is -2.10. The van der Waals surface area contributed by atoms with Crippen LogP contribution in [0.2, 0.25) is 0 Å². The van der Waals surface area contributed by atoms with E-state index in [1.54, 1.807) is 12.1 Å². The van der Waals surface area contributed by atoms with Gasteiger partial charge in [0.05, 0.1) is 6.26 Å². The average Bonchev–Trinajstić information content (AvgIpc) is 3.40. The summed E-state index contributed by atoms with van der Waals surface area (Å²) in [4.78, 5) is 12.3. The zero-order valence-corrected chi connectivity index (χ0v) is 16.0. The Bertz CT molecular complexity index is 1110. The van der Waals surface area contributed by atoms with Gasteiger partial charge in [-0.15, -0.1) is 5.10 Å². The van der Waals surface area contributed by atoms with Crippen molar-refractivity contribution in [1.82, 2.24) is 15.1 Å². The summed E-state index contributed by atoms with van der Waals surface area (Å²) in [7, 11) is 0. The number of benzene rings is 2. The molecule has 0 aliphatic carbocycles. The Morgan fingerprint density at radius 3 is 2.17 bits per heavy atom. The number of thiocarbonyl (C=S) groups is 1. The van der Waals surface area contributed by atoms with Crippen molar-refractivity contribution >= 4 is 46.2 Å². The molecule has 0 saturated heterocycles. The van der Waals surface area contributed by atoms with Crippen LogP contribution >= 0.6 is 12.2 Å². The molecule has 8 heteroatoms. The maximum Gasteiger partial charge on any atom is 0.293 e. The summed E-state index contributed by atoms with van der Waals surface area (Å²) in [6.07, 6.45) is 1.43. The maximum atomic E-state index is 12.3. The summed E-state index contributed by atoms with van der Waals surface area (Å²) >= 11 is 5.41. The number of aromatic nitrogens is 2. The Kier molecular flexibility index (Phi) is 5.35. The molecule has 0 aliphatic heterocycles. The number of carbonyl (C=O) groups excluding carboxylic acids is 1. The molecule has 0 atom stereocenters. The second-order valence-corrected chi connectivity index (χ2v) is 6.43. The van der Waals surface area contributed by atoms with Crippen LogP contribution < -0.4 is 16.0 Å². The highest BCUT2D eigenvalue weighted by Gasteiger charge is 2.16. The highest BCUT2D eigenvalue weighted by Crippen LogP contribution is 2.22. The Morgan fingerprint density at radius 1 is 0.897 bits per heavy atom. The minimum atomic E-state index is -0.446. The number of hydrogen-bond donors (Lipinski definition) is 3. The van der Waals surface area contributed by atoms with Crippen LogP contribution in [0.5, 0.6) is 0 Å². The van der Waals surface area contributed by atoms with E-state index in [2.05, 4.69) is 21.0 Å². The summed E-state index contributed by atoms with van der Waals surface area (Å²) in [5.41, 5.74) is 1.74. The fourth-order valence-electron chi connectivity index (χ4n) is 2.64. The van der Waals surface area contributed by atoms with Crippen LogP contribution in [0.3, 0.4) is 0 Å². The van der Waals surface area contributed by atoms with Crippen molar-refractivity contribution in [2.75, 3.05) is 10.6 Å². The molecule has 29 heavy (non-hydrogen) atoms. The molecule has 3 N–H and O–H groups in total. The van der Waals surface area contributed by atoms with Crippen LogP contribution in [-0.2, 0) is 0 Å². The van der Waals surface area contributed by atoms with Gasteiger partial charge in [0, 0.05) is 17.4 Å². The monoisotopic (exact) mass is 403 g/mol. The first-order valence-electron chi connectivity index (χ1n) is 8.82. The molecule has 4 rings (SSSR count).